The van der Waals surface area contributed by atoms with Crippen molar-refractivity contribution >= 4 is 12.0 Å². The molecule has 3 nitrogen and oxygen atoms in total. The van der Waals surface area contributed by atoms with Gasteiger partial charge in [-0.3, -0.25) is 0 Å². The fraction of sp³-hybridized carbons (Fsp3) is 0.0769. The molecule has 1 aromatic heterocycles. The van der Waals surface area contributed by atoms with Crippen LogP contribution in [0.1, 0.15) is 11.3 Å². The first kappa shape index (κ1) is 10.4. The second-order valence-electron chi connectivity index (χ2n) is 3.49. The summed E-state index contributed by atoms with van der Waals surface area (Å²) < 4.78 is 0. The first-order chi connectivity index (χ1) is 7.74. The van der Waals surface area contributed by atoms with Gasteiger partial charge in [-0.25, -0.2) is 9.98 Å². The zero-order valence-electron chi connectivity index (χ0n) is 8.96. The first-order valence-electron chi connectivity index (χ1n) is 5.01. The molecule has 2 aromatic rings. The van der Waals surface area contributed by atoms with Gasteiger partial charge in [0.25, 0.3) is 0 Å². The minimum absolute atomic E-state index is 0.255. The lowest BCUT2D eigenvalue weighted by Gasteiger charge is -1.95. The highest BCUT2D eigenvalue weighted by Gasteiger charge is 1.91. The molecular formula is C13H12N2O. The number of pyridine rings is 1. The van der Waals surface area contributed by atoms with Gasteiger partial charge in [-0.2, -0.15) is 0 Å². The average Bonchev–Trinajstić information content (AvgIpc) is 2.28. The first-order valence-corrected chi connectivity index (χ1v) is 5.01. The Morgan fingerprint density at radius 1 is 1.12 bits per heavy atom. The normalized spacial score (nSPS) is 10.8. The van der Waals surface area contributed by atoms with Crippen LogP contribution in [0.15, 0.2) is 47.5 Å². The zero-order chi connectivity index (χ0) is 11.4. The largest absolute Gasteiger partial charge is 0.508 e. The van der Waals surface area contributed by atoms with Gasteiger partial charge in [-0.15, -0.1) is 0 Å². The molecule has 1 aromatic carbocycles. The molecule has 0 radical (unpaired) electrons. The molecule has 0 saturated carbocycles. The third-order valence-electron chi connectivity index (χ3n) is 2.11. The molecule has 0 aliphatic rings. The van der Waals surface area contributed by atoms with Crippen molar-refractivity contribution < 1.29 is 5.11 Å². The molecule has 2 rings (SSSR count). The number of hydrogen-bond acceptors (Lipinski definition) is 3. The lowest BCUT2D eigenvalue weighted by molar-refractivity contribution is 0.475. The Kier molecular flexibility index (Phi) is 2.96. The van der Waals surface area contributed by atoms with Crippen LogP contribution in [0.3, 0.4) is 0 Å². The SMILES string of the molecule is Cc1cccc(/N=C/c2ccc(O)cc2)n1. The molecule has 80 valence electrons. The number of aliphatic imine (C=N–C) groups is 1. The molecule has 0 amide bonds. The summed E-state index contributed by atoms with van der Waals surface area (Å²) in [6, 6.07) is 12.6. The van der Waals surface area contributed by atoms with E-state index >= 15 is 0 Å². The molecule has 0 aliphatic carbocycles. The van der Waals surface area contributed by atoms with Crippen molar-refractivity contribution in [2.75, 3.05) is 0 Å². The van der Waals surface area contributed by atoms with Crippen LogP contribution in [0.2, 0.25) is 0 Å². The molecule has 0 bridgehead atoms. The van der Waals surface area contributed by atoms with E-state index in [1.165, 1.54) is 0 Å². The quantitative estimate of drug-likeness (QED) is 0.778. The minimum Gasteiger partial charge on any atom is -0.508 e. The Balaban J connectivity index is 2.18. The number of benzene rings is 1. The molecule has 0 aliphatic heterocycles. The predicted molar refractivity (Wildman–Crippen MR) is 64.3 cm³/mol. The van der Waals surface area contributed by atoms with E-state index in [4.69, 9.17) is 5.11 Å². The topological polar surface area (TPSA) is 45.5 Å². The molecule has 0 spiro atoms. The van der Waals surface area contributed by atoms with Crippen LogP contribution in [-0.2, 0) is 0 Å². The average molecular weight is 212 g/mol. The molecule has 0 saturated heterocycles. The maximum atomic E-state index is 9.12. The van der Waals surface area contributed by atoms with Crippen LogP contribution in [0.4, 0.5) is 5.82 Å². The molecule has 0 atom stereocenters. The maximum absolute atomic E-state index is 9.12. The molecular weight excluding hydrogens is 200 g/mol. The van der Waals surface area contributed by atoms with Crippen molar-refractivity contribution in [3.8, 4) is 5.75 Å². The Bertz CT molecular complexity index is 504. The highest BCUT2D eigenvalue weighted by Crippen LogP contribution is 2.10. The predicted octanol–water partition coefficient (Wildman–Crippen LogP) is 2.85. The Labute approximate surface area is 94.1 Å². The summed E-state index contributed by atoms with van der Waals surface area (Å²) in [5, 5.41) is 9.12. The van der Waals surface area contributed by atoms with Crippen molar-refractivity contribution in [1.29, 1.82) is 0 Å². The van der Waals surface area contributed by atoms with Crippen molar-refractivity contribution in [3.63, 3.8) is 0 Å². The van der Waals surface area contributed by atoms with Gasteiger partial charge in [0.2, 0.25) is 0 Å². The van der Waals surface area contributed by atoms with Gasteiger partial charge in [0.05, 0.1) is 0 Å². The van der Waals surface area contributed by atoms with Crippen molar-refractivity contribution in [3.05, 3.63) is 53.7 Å². The van der Waals surface area contributed by atoms with Crippen LogP contribution < -0.4 is 0 Å². The number of phenols is 1. The van der Waals surface area contributed by atoms with Crippen LogP contribution in [0, 0.1) is 6.92 Å². The summed E-state index contributed by atoms with van der Waals surface area (Å²) in [6.45, 7) is 1.93. The fourth-order valence-corrected chi connectivity index (χ4v) is 1.30. The maximum Gasteiger partial charge on any atom is 0.152 e. The zero-order valence-corrected chi connectivity index (χ0v) is 8.96. The Hall–Kier alpha value is -2.16. The molecule has 0 fully saturated rings. The number of aromatic nitrogens is 1. The smallest absolute Gasteiger partial charge is 0.152 e. The fourth-order valence-electron chi connectivity index (χ4n) is 1.30. The van der Waals surface area contributed by atoms with E-state index in [9.17, 15) is 0 Å². The number of rotatable bonds is 2. The molecule has 0 unspecified atom stereocenters. The highest BCUT2D eigenvalue weighted by atomic mass is 16.3. The highest BCUT2D eigenvalue weighted by molar-refractivity contribution is 5.81. The van der Waals surface area contributed by atoms with Crippen molar-refractivity contribution in [1.82, 2.24) is 4.98 Å². The number of nitrogens with zero attached hydrogens (tertiary/aromatic N) is 2. The number of aromatic hydroxyl groups is 1. The Morgan fingerprint density at radius 3 is 2.56 bits per heavy atom. The second-order valence-corrected chi connectivity index (χ2v) is 3.49. The van der Waals surface area contributed by atoms with Crippen LogP contribution in [0.5, 0.6) is 5.75 Å². The second kappa shape index (κ2) is 4.57. The van der Waals surface area contributed by atoms with E-state index in [-0.39, 0.29) is 5.75 Å². The van der Waals surface area contributed by atoms with Gasteiger partial charge in [0.15, 0.2) is 5.82 Å². The summed E-state index contributed by atoms with van der Waals surface area (Å²) in [5.41, 5.74) is 1.88. The van der Waals surface area contributed by atoms with Gasteiger partial charge in [-0.1, -0.05) is 6.07 Å². The summed E-state index contributed by atoms with van der Waals surface area (Å²) in [4.78, 5) is 8.51. The van der Waals surface area contributed by atoms with Crippen LogP contribution in [-0.4, -0.2) is 16.3 Å². The molecule has 3 heteroatoms. The molecule has 1 N–H and O–H groups in total. The van der Waals surface area contributed by atoms with Gasteiger partial charge in [0.1, 0.15) is 5.75 Å². The van der Waals surface area contributed by atoms with E-state index in [1.54, 1.807) is 30.5 Å². The summed E-state index contributed by atoms with van der Waals surface area (Å²) >= 11 is 0. The van der Waals surface area contributed by atoms with Gasteiger partial charge >= 0.3 is 0 Å². The van der Waals surface area contributed by atoms with E-state index in [0.29, 0.717) is 5.82 Å². The third kappa shape index (κ3) is 2.67. The van der Waals surface area contributed by atoms with E-state index in [0.717, 1.165) is 11.3 Å². The summed E-state index contributed by atoms with van der Waals surface area (Å²) in [5.74, 6) is 0.943. The number of hydrogen-bond donors (Lipinski definition) is 1. The van der Waals surface area contributed by atoms with Gasteiger partial charge in [-0.05, 0) is 48.9 Å². The summed E-state index contributed by atoms with van der Waals surface area (Å²) in [6.07, 6.45) is 1.72. The molecule has 16 heavy (non-hydrogen) atoms. The van der Waals surface area contributed by atoms with Crippen molar-refractivity contribution in [2.24, 2.45) is 4.99 Å². The van der Waals surface area contributed by atoms with Crippen LogP contribution in [0.25, 0.3) is 0 Å². The van der Waals surface area contributed by atoms with Gasteiger partial charge in [0, 0.05) is 11.9 Å². The third-order valence-corrected chi connectivity index (χ3v) is 2.11. The van der Waals surface area contributed by atoms with E-state index < -0.39 is 0 Å². The standard InChI is InChI=1S/C13H12N2O/c1-10-3-2-4-13(15-10)14-9-11-5-7-12(16)8-6-11/h2-9,16H,1H3/b14-9+. The summed E-state index contributed by atoms with van der Waals surface area (Å²) in [7, 11) is 0. The lowest BCUT2D eigenvalue weighted by Crippen LogP contribution is -1.82. The monoisotopic (exact) mass is 212 g/mol. The van der Waals surface area contributed by atoms with Gasteiger partial charge < -0.3 is 5.11 Å². The minimum atomic E-state index is 0.255. The van der Waals surface area contributed by atoms with Crippen molar-refractivity contribution in [2.45, 2.75) is 6.92 Å². The number of aryl methyl sites for hydroxylation is 1. The molecule has 1 heterocycles. The Morgan fingerprint density at radius 2 is 1.88 bits per heavy atom. The number of phenolic OH excluding ortho intramolecular Hbond substituents is 1. The van der Waals surface area contributed by atoms with Crippen LogP contribution >= 0.6 is 0 Å². The van der Waals surface area contributed by atoms with E-state index in [2.05, 4.69) is 9.98 Å². The van der Waals surface area contributed by atoms with E-state index in [1.807, 2.05) is 25.1 Å². The lowest BCUT2D eigenvalue weighted by atomic mass is 10.2.